The molecule has 1 fully saturated rings. The summed E-state index contributed by atoms with van der Waals surface area (Å²) < 4.78 is 0. The van der Waals surface area contributed by atoms with Crippen LogP contribution in [0.15, 0.2) is 12.1 Å². The highest BCUT2D eigenvalue weighted by Gasteiger charge is 2.28. The molecule has 1 aromatic heterocycles. The van der Waals surface area contributed by atoms with Crippen molar-refractivity contribution >= 4 is 11.8 Å². The smallest absolute Gasteiger partial charge is 0.337 e. The van der Waals surface area contributed by atoms with Crippen molar-refractivity contribution in [2.75, 3.05) is 11.9 Å². The van der Waals surface area contributed by atoms with Crippen LogP contribution in [0.4, 0.5) is 5.82 Å². The molecule has 0 atom stereocenters. The van der Waals surface area contributed by atoms with Crippen molar-refractivity contribution in [1.29, 1.82) is 0 Å². The highest BCUT2D eigenvalue weighted by Crippen LogP contribution is 2.28. The first kappa shape index (κ1) is 13.8. The molecule has 1 aliphatic carbocycles. The number of anilines is 1. The van der Waals surface area contributed by atoms with Crippen LogP contribution >= 0.6 is 0 Å². The molecule has 2 rings (SSSR count). The van der Waals surface area contributed by atoms with Crippen LogP contribution in [0.3, 0.4) is 0 Å². The minimum absolute atomic E-state index is 0.210. The molecule has 0 amide bonds. The van der Waals surface area contributed by atoms with E-state index in [2.05, 4.69) is 10.3 Å². The minimum Gasteiger partial charge on any atom is -0.478 e. The third-order valence-electron chi connectivity index (χ3n) is 3.70. The summed E-state index contributed by atoms with van der Waals surface area (Å²) in [5, 5.41) is 22.4. The van der Waals surface area contributed by atoms with E-state index >= 15 is 0 Å². The van der Waals surface area contributed by atoms with Crippen LogP contribution in [0, 0.1) is 6.92 Å². The molecule has 5 heteroatoms. The SMILES string of the molecule is Cc1nc(NCC2(O)CCCCC2)ccc1C(=O)O. The molecule has 3 N–H and O–H groups in total. The van der Waals surface area contributed by atoms with Gasteiger partial charge in [0.1, 0.15) is 5.82 Å². The second-order valence-corrected chi connectivity index (χ2v) is 5.27. The zero-order valence-corrected chi connectivity index (χ0v) is 11.1. The Kier molecular flexibility index (Phi) is 4.04. The first-order chi connectivity index (χ1) is 9.00. The van der Waals surface area contributed by atoms with E-state index in [1.807, 2.05) is 0 Å². The number of nitrogens with one attached hydrogen (secondary N) is 1. The van der Waals surface area contributed by atoms with E-state index in [-0.39, 0.29) is 5.56 Å². The van der Waals surface area contributed by atoms with Gasteiger partial charge in [-0.2, -0.15) is 0 Å². The Morgan fingerprint density at radius 2 is 2.05 bits per heavy atom. The average molecular weight is 264 g/mol. The van der Waals surface area contributed by atoms with Crippen LogP contribution in [-0.4, -0.2) is 33.3 Å². The molecule has 1 saturated carbocycles. The number of aryl methyl sites for hydroxylation is 1. The van der Waals surface area contributed by atoms with E-state index in [1.54, 1.807) is 13.0 Å². The molecule has 0 unspecified atom stereocenters. The van der Waals surface area contributed by atoms with E-state index < -0.39 is 11.6 Å². The van der Waals surface area contributed by atoms with Crippen molar-refractivity contribution in [3.05, 3.63) is 23.4 Å². The predicted molar refractivity (Wildman–Crippen MR) is 72.5 cm³/mol. The summed E-state index contributed by atoms with van der Waals surface area (Å²) in [5.41, 5.74) is 0.0364. The Morgan fingerprint density at radius 1 is 1.37 bits per heavy atom. The van der Waals surface area contributed by atoms with Gasteiger partial charge in [0, 0.05) is 6.54 Å². The standard InChI is InChI=1S/C14H20N2O3/c1-10-11(13(17)18)5-6-12(16-10)15-9-14(19)7-3-2-4-8-14/h5-6,19H,2-4,7-9H2,1H3,(H,15,16)(H,17,18). The van der Waals surface area contributed by atoms with Crippen molar-refractivity contribution < 1.29 is 15.0 Å². The van der Waals surface area contributed by atoms with Crippen LogP contribution in [-0.2, 0) is 0 Å². The molecule has 1 heterocycles. The number of hydrogen-bond acceptors (Lipinski definition) is 4. The summed E-state index contributed by atoms with van der Waals surface area (Å²) in [6.07, 6.45) is 4.93. The fourth-order valence-corrected chi connectivity index (χ4v) is 2.53. The number of pyridine rings is 1. The first-order valence-electron chi connectivity index (χ1n) is 6.67. The van der Waals surface area contributed by atoms with Gasteiger partial charge in [-0.1, -0.05) is 19.3 Å². The Hall–Kier alpha value is -1.62. The van der Waals surface area contributed by atoms with Crippen molar-refractivity contribution in [3.8, 4) is 0 Å². The molecule has 0 aliphatic heterocycles. The Balaban J connectivity index is 2.00. The largest absolute Gasteiger partial charge is 0.478 e. The molecule has 1 aliphatic rings. The average Bonchev–Trinajstić information content (AvgIpc) is 2.37. The normalized spacial score (nSPS) is 18.0. The van der Waals surface area contributed by atoms with Crippen molar-refractivity contribution in [2.24, 2.45) is 0 Å². The number of hydrogen-bond donors (Lipinski definition) is 3. The Labute approximate surface area is 112 Å². The highest BCUT2D eigenvalue weighted by molar-refractivity contribution is 5.89. The summed E-state index contributed by atoms with van der Waals surface area (Å²) >= 11 is 0. The molecule has 19 heavy (non-hydrogen) atoms. The van der Waals surface area contributed by atoms with Gasteiger partial charge in [-0.25, -0.2) is 9.78 Å². The lowest BCUT2D eigenvalue weighted by molar-refractivity contribution is 0.0166. The van der Waals surface area contributed by atoms with Gasteiger partial charge in [-0.05, 0) is 31.9 Å². The third-order valence-corrected chi connectivity index (χ3v) is 3.70. The van der Waals surface area contributed by atoms with E-state index in [9.17, 15) is 9.90 Å². The number of aromatic nitrogens is 1. The molecular formula is C14H20N2O3. The van der Waals surface area contributed by atoms with Crippen LogP contribution in [0.2, 0.25) is 0 Å². The minimum atomic E-state index is -0.970. The zero-order chi connectivity index (χ0) is 13.9. The monoisotopic (exact) mass is 264 g/mol. The fourth-order valence-electron chi connectivity index (χ4n) is 2.53. The van der Waals surface area contributed by atoms with Crippen molar-refractivity contribution in [2.45, 2.75) is 44.6 Å². The number of carbonyl (C=O) groups is 1. The maximum Gasteiger partial charge on any atom is 0.337 e. The van der Waals surface area contributed by atoms with E-state index in [0.717, 1.165) is 25.7 Å². The highest BCUT2D eigenvalue weighted by atomic mass is 16.4. The third kappa shape index (κ3) is 3.44. The number of carboxylic acids is 1. The number of carboxylic acid groups (broad SMARTS) is 1. The second-order valence-electron chi connectivity index (χ2n) is 5.27. The topological polar surface area (TPSA) is 82.5 Å². The van der Waals surface area contributed by atoms with Gasteiger partial charge >= 0.3 is 5.97 Å². The molecule has 1 aromatic rings. The molecule has 0 saturated heterocycles. The van der Waals surface area contributed by atoms with Crippen LogP contribution in [0.1, 0.15) is 48.2 Å². The first-order valence-corrected chi connectivity index (χ1v) is 6.67. The lowest BCUT2D eigenvalue weighted by Crippen LogP contribution is -2.38. The summed E-state index contributed by atoms with van der Waals surface area (Å²) in [5.74, 6) is -0.357. The summed E-state index contributed by atoms with van der Waals surface area (Å²) in [7, 11) is 0. The molecule has 5 nitrogen and oxygen atoms in total. The fraction of sp³-hybridized carbons (Fsp3) is 0.571. The summed E-state index contributed by atoms with van der Waals surface area (Å²) in [6.45, 7) is 2.13. The molecule has 0 radical (unpaired) electrons. The second kappa shape index (κ2) is 5.57. The van der Waals surface area contributed by atoms with Crippen molar-refractivity contribution in [3.63, 3.8) is 0 Å². The Morgan fingerprint density at radius 3 is 2.63 bits per heavy atom. The molecule has 0 aromatic carbocycles. The number of nitrogens with zero attached hydrogens (tertiary/aromatic N) is 1. The van der Waals surface area contributed by atoms with Gasteiger partial charge in [0.15, 0.2) is 0 Å². The maximum atomic E-state index is 10.9. The van der Waals surface area contributed by atoms with Crippen LogP contribution in [0.5, 0.6) is 0 Å². The quantitative estimate of drug-likeness (QED) is 0.776. The molecule has 104 valence electrons. The van der Waals surface area contributed by atoms with Gasteiger partial charge in [0.25, 0.3) is 0 Å². The van der Waals surface area contributed by atoms with Gasteiger partial charge < -0.3 is 15.5 Å². The van der Waals surface area contributed by atoms with Gasteiger partial charge in [-0.15, -0.1) is 0 Å². The van der Waals surface area contributed by atoms with Crippen molar-refractivity contribution in [1.82, 2.24) is 4.98 Å². The lowest BCUT2D eigenvalue weighted by atomic mass is 9.85. The maximum absolute atomic E-state index is 10.9. The Bertz CT molecular complexity index is 468. The van der Waals surface area contributed by atoms with Crippen LogP contribution < -0.4 is 5.32 Å². The number of aromatic carboxylic acids is 1. The summed E-state index contributed by atoms with van der Waals surface area (Å²) in [6, 6.07) is 3.18. The molecule has 0 bridgehead atoms. The number of aliphatic hydroxyl groups is 1. The lowest BCUT2D eigenvalue weighted by Gasteiger charge is -2.32. The van der Waals surface area contributed by atoms with E-state index in [4.69, 9.17) is 5.11 Å². The van der Waals surface area contributed by atoms with Gasteiger partial charge in [0.05, 0.1) is 16.9 Å². The molecular weight excluding hydrogens is 244 g/mol. The molecule has 0 spiro atoms. The van der Waals surface area contributed by atoms with Crippen LogP contribution in [0.25, 0.3) is 0 Å². The van der Waals surface area contributed by atoms with Gasteiger partial charge in [0.2, 0.25) is 0 Å². The number of rotatable bonds is 4. The predicted octanol–water partition coefficient (Wildman–Crippen LogP) is 2.20. The zero-order valence-electron chi connectivity index (χ0n) is 11.1. The van der Waals surface area contributed by atoms with Gasteiger partial charge in [-0.3, -0.25) is 0 Å². The summed E-state index contributed by atoms with van der Waals surface area (Å²) in [4.78, 5) is 15.1. The van der Waals surface area contributed by atoms with E-state index in [1.165, 1.54) is 12.5 Å². The van der Waals surface area contributed by atoms with E-state index in [0.29, 0.717) is 18.1 Å².